The van der Waals surface area contributed by atoms with Gasteiger partial charge in [0.05, 0.1) is 13.2 Å². The van der Waals surface area contributed by atoms with Crippen LogP contribution in [-0.4, -0.2) is 42.7 Å². The van der Waals surface area contributed by atoms with Gasteiger partial charge in [-0.2, -0.15) is 0 Å². The van der Waals surface area contributed by atoms with Crippen LogP contribution >= 0.6 is 0 Å². The molecule has 0 unspecified atom stereocenters. The van der Waals surface area contributed by atoms with Gasteiger partial charge < -0.3 is 14.4 Å². The van der Waals surface area contributed by atoms with Gasteiger partial charge >= 0.3 is 5.97 Å². The van der Waals surface area contributed by atoms with E-state index < -0.39 is 0 Å². The van der Waals surface area contributed by atoms with Crippen molar-refractivity contribution in [3.63, 3.8) is 0 Å². The molecule has 0 spiro atoms. The van der Waals surface area contributed by atoms with Crippen molar-refractivity contribution in [2.45, 2.75) is 20.3 Å². The van der Waals surface area contributed by atoms with Crippen LogP contribution in [0.2, 0.25) is 0 Å². The highest BCUT2D eigenvalue weighted by Gasteiger charge is 2.10. The first-order valence-corrected chi connectivity index (χ1v) is 5.99. The zero-order valence-corrected chi connectivity index (χ0v) is 11.0. The number of rotatable bonds is 7. The third kappa shape index (κ3) is 4.57. The van der Waals surface area contributed by atoms with Crippen LogP contribution in [-0.2, 0) is 9.53 Å². The molecule has 1 aromatic heterocycles. The molecule has 0 bridgehead atoms. The summed E-state index contributed by atoms with van der Waals surface area (Å²) >= 11 is 0. The average Bonchev–Trinajstić information content (AvgIpc) is 2.37. The highest BCUT2D eigenvalue weighted by Crippen LogP contribution is 2.14. The summed E-state index contributed by atoms with van der Waals surface area (Å²) < 4.78 is 10.3. The van der Waals surface area contributed by atoms with Crippen molar-refractivity contribution in [3.8, 4) is 5.88 Å². The van der Waals surface area contributed by atoms with Crippen LogP contribution in [0.25, 0.3) is 0 Å². The van der Waals surface area contributed by atoms with Gasteiger partial charge in [0.25, 0.3) is 0 Å². The van der Waals surface area contributed by atoms with Gasteiger partial charge in [0.1, 0.15) is 18.7 Å². The standard InChI is InChI=1S/C12H19N3O3/c1-4-6-18-11-7-10(13-9-14-11)15(3)8-12(16)17-5-2/h7,9H,4-6,8H2,1-3H3. The first kappa shape index (κ1) is 14.2. The predicted molar refractivity (Wildman–Crippen MR) is 67.7 cm³/mol. The van der Waals surface area contributed by atoms with Crippen molar-refractivity contribution in [3.05, 3.63) is 12.4 Å². The molecule has 0 atom stereocenters. The number of aromatic nitrogens is 2. The van der Waals surface area contributed by atoms with E-state index in [-0.39, 0.29) is 12.5 Å². The summed E-state index contributed by atoms with van der Waals surface area (Å²) in [4.78, 5) is 21.1. The molecule has 0 radical (unpaired) electrons. The second-order valence-electron chi connectivity index (χ2n) is 3.72. The van der Waals surface area contributed by atoms with E-state index in [1.165, 1.54) is 6.33 Å². The number of nitrogens with zero attached hydrogens (tertiary/aromatic N) is 3. The molecule has 6 heteroatoms. The smallest absolute Gasteiger partial charge is 0.325 e. The van der Waals surface area contributed by atoms with Crippen molar-refractivity contribution in [2.75, 3.05) is 31.7 Å². The molecule has 1 rings (SSSR count). The minimum atomic E-state index is -0.283. The van der Waals surface area contributed by atoms with E-state index in [1.807, 2.05) is 6.92 Å². The van der Waals surface area contributed by atoms with E-state index in [4.69, 9.17) is 9.47 Å². The Kier molecular flexibility index (Phi) is 5.90. The number of carbonyl (C=O) groups excluding carboxylic acids is 1. The average molecular weight is 253 g/mol. The Morgan fingerprint density at radius 1 is 1.39 bits per heavy atom. The number of esters is 1. The lowest BCUT2D eigenvalue weighted by Gasteiger charge is -2.17. The van der Waals surface area contributed by atoms with Crippen molar-refractivity contribution < 1.29 is 14.3 Å². The summed E-state index contributed by atoms with van der Waals surface area (Å²) in [7, 11) is 1.77. The monoisotopic (exact) mass is 253 g/mol. The molecule has 100 valence electrons. The largest absolute Gasteiger partial charge is 0.478 e. The van der Waals surface area contributed by atoms with Gasteiger partial charge in [0, 0.05) is 13.1 Å². The van der Waals surface area contributed by atoms with Gasteiger partial charge in [-0.1, -0.05) is 6.92 Å². The summed E-state index contributed by atoms with van der Waals surface area (Å²) in [5.74, 6) is 0.858. The van der Waals surface area contributed by atoms with E-state index >= 15 is 0 Å². The van der Waals surface area contributed by atoms with Crippen molar-refractivity contribution >= 4 is 11.8 Å². The number of hydrogen-bond acceptors (Lipinski definition) is 6. The highest BCUT2D eigenvalue weighted by atomic mass is 16.5. The third-order valence-corrected chi connectivity index (χ3v) is 2.14. The molecule has 0 N–H and O–H groups in total. The molecular formula is C12H19N3O3. The second kappa shape index (κ2) is 7.47. The van der Waals surface area contributed by atoms with Crippen LogP contribution in [0.4, 0.5) is 5.82 Å². The molecule has 0 amide bonds. The molecule has 0 aromatic carbocycles. The SMILES string of the molecule is CCCOc1cc(N(C)CC(=O)OCC)ncn1. The Morgan fingerprint density at radius 3 is 2.83 bits per heavy atom. The topological polar surface area (TPSA) is 64.5 Å². The number of anilines is 1. The fourth-order valence-electron chi connectivity index (χ4n) is 1.31. The molecule has 0 aliphatic rings. The van der Waals surface area contributed by atoms with Crippen LogP contribution in [0.15, 0.2) is 12.4 Å². The molecular weight excluding hydrogens is 234 g/mol. The summed E-state index contributed by atoms with van der Waals surface area (Å²) in [5, 5.41) is 0. The minimum absolute atomic E-state index is 0.151. The van der Waals surface area contributed by atoms with Crippen LogP contribution in [0, 0.1) is 0 Å². The number of likely N-dealkylation sites (N-methyl/N-ethyl adjacent to an activating group) is 1. The van der Waals surface area contributed by atoms with Crippen molar-refractivity contribution in [1.29, 1.82) is 0 Å². The number of carbonyl (C=O) groups is 1. The first-order valence-electron chi connectivity index (χ1n) is 5.99. The molecule has 0 saturated carbocycles. The zero-order valence-electron chi connectivity index (χ0n) is 11.0. The Balaban J connectivity index is 2.61. The Bertz CT molecular complexity index is 385. The normalized spacial score (nSPS) is 9.94. The number of ether oxygens (including phenoxy) is 2. The van der Waals surface area contributed by atoms with Gasteiger partial charge in [-0.25, -0.2) is 9.97 Å². The highest BCUT2D eigenvalue weighted by molar-refractivity contribution is 5.75. The molecule has 1 heterocycles. The van der Waals surface area contributed by atoms with Crippen LogP contribution < -0.4 is 9.64 Å². The number of hydrogen-bond donors (Lipinski definition) is 0. The van der Waals surface area contributed by atoms with Gasteiger partial charge in [-0.15, -0.1) is 0 Å². The lowest BCUT2D eigenvalue weighted by atomic mass is 10.4. The van der Waals surface area contributed by atoms with E-state index in [9.17, 15) is 4.79 Å². The molecule has 0 aliphatic heterocycles. The second-order valence-corrected chi connectivity index (χ2v) is 3.72. The van der Waals surface area contributed by atoms with Gasteiger partial charge in [-0.3, -0.25) is 4.79 Å². The molecule has 0 aliphatic carbocycles. The lowest BCUT2D eigenvalue weighted by Crippen LogP contribution is -2.27. The maximum atomic E-state index is 11.3. The van der Waals surface area contributed by atoms with Crippen LogP contribution in [0.1, 0.15) is 20.3 Å². The Labute approximate surface area is 107 Å². The minimum Gasteiger partial charge on any atom is -0.478 e. The van der Waals surface area contributed by atoms with E-state index in [2.05, 4.69) is 9.97 Å². The molecule has 18 heavy (non-hydrogen) atoms. The fraction of sp³-hybridized carbons (Fsp3) is 0.583. The predicted octanol–water partition coefficient (Wildman–Crippen LogP) is 1.26. The third-order valence-electron chi connectivity index (χ3n) is 2.14. The van der Waals surface area contributed by atoms with E-state index in [0.29, 0.717) is 24.9 Å². The first-order chi connectivity index (χ1) is 8.67. The van der Waals surface area contributed by atoms with Gasteiger partial charge in [0.2, 0.25) is 5.88 Å². The van der Waals surface area contributed by atoms with Crippen molar-refractivity contribution in [2.24, 2.45) is 0 Å². The maximum absolute atomic E-state index is 11.3. The summed E-state index contributed by atoms with van der Waals surface area (Å²) in [5.41, 5.74) is 0. The molecule has 1 aromatic rings. The molecule has 0 fully saturated rings. The molecule has 6 nitrogen and oxygen atoms in total. The summed E-state index contributed by atoms with van der Waals surface area (Å²) in [6.45, 7) is 4.94. The maximum Gasteiger partial charge on any atom is 0.325 e. The zero-order chi connectivity index (χ0) is 13.4. The van der Waals surface area contributed by atoms with Crippen LogP contribution in [0.3, 0.4) is 0 Å². The summed E-state index contributed by atoms with van der Waals surface area (Å²) in [6.07, 6.45) is 2.33. The fourth-order valence-corrected chi connectivity index (χ4v) is 1.31. The van der Waals surface area contributed by atoms with Crippen LogP contribution in [0.5, 0.6) is 5.88 Å². The molecule has 0 saturated heterocycles. The van der Waals surface area contributed by atoms with E-state index in [0.717, 1.165) is 6.42 Å². The van der Waals surface area contributed by atoms with E-state index in [1.54, 1.807) is 24.9 Å². The lowest BCUT2D eigenvalue weighted by molar-refractivity contribution is -0.141. The summed E-state index contributed by atoms with van der Waals surface area (Å²) in [6, 6.07) is 1.70. The Morgan fingerprint density at radius 2 is 2.17 bits per heavy atom. The van der Waals surface area contributed by atoms with Gasteiger partial charge in [0.15, 0.2) is 0 Å². The quantitative estimate of drug-likeness (QED) is 0.682. The Hall–Kier alpha value is -1.85. The van der Waals surface area contributed by atoms with Crippen molar-refractivity contribution in [1.82, 2.24) is 9.97 Å². The van der Waals surface area contributed by atoms with Gasteiger partial charge in [-0.05, 0) is 13.3 Å².